The van der Waals surface area contributed by atoms with Gasteiger partial charge < -0.3 is 4.98 Å². The lowest BCUT2D eigenvalue weighted by molar-refractivity contribution is 0.465. The number of sulfonamides is 1. The normalized spacial score (nSPS) is 22.4. The highest BCUT2D eigenvalue weighted by Gasteiger charge is 2.45. The van der Waals surface area contributed by atoms with Crippen LogP contribution in [-0.4, -0.2) is 56.9 Å². The van der Waals surface area contributed by atoms with Crippen LogP contribution in [0.1, 0.15) is 26.2 Å². The van der Waals surface area contributed by atoms with Crippen molar-refractivity contribution in [2.24, 2.45) is 0 Å². The molecule has 25 heavy (non-hydrogen) atoms. The van der Waals surface area contributed by atoms with Crippen molar-refractivity contribution < 1.29 is 8.42 Å². The molecule has 0 bridgehead atoms. The summed E-state index contributed by atoms with van der Waals surface area (Å²) in [7, 11) is -3.18. The van der Waals surface area contributed by atoms with E-state index in [1.54, 1.807) is 16.8 Å². The number of imidazole rings is 1. The molecule has 3 aromatic rings. The van der Waals surface area contributed by atoms with Crippen molar-refractivity contribution in [3.05, 3.63) is 24.8 Å². The van der Waals surface area contributed by atoms with Crippen molar-refractivity contribution in [2.75, 3.05) is 18.2 Å². The zero-order chi connectivity index (χ0) is 17.2. The first kappa shape index (κ1) is 15.2. The van der Waals surface area contributed by atoms with Gasteiger partial charge in [0.2, 0.25) is 10.0 Å². The molecular weight excluding hydrogens is 340 g/mol. The maximum absolute atomic E-state index is 12.7. The summed E-state index contributed by atoms with van der Waals surface area (Å²) in [6.07, 6.45) is 7.84. The van der Waals surface area contributed by atoms with E-state index in [4.69, 9.17) is 0 Å². The zero-order valence-corrected chi connectivity index (χ0v) is 14.8. The molecule has 0 aromatic carbocycles. The third-order valence-corrected chi connectivity index (χ3v) is 7.56. The van der Waals surface area contributed by atoms with Crippen molar-refractivity contribution >= 4 is 32.1 Å². The Hall–Kier alpha value is -2.13. The summed E-state index contributed by atoms with van der Waals surface area (Å²) < 4.78 is 29.0. The first-order valence-electron chi connectivity index (χ1n) is 8.64. The smallest absolute Gasteiger partial charge is 0.218 e. The summed E-state index contributed by atoms with van der Waals surface area (Å²) in [5.74, 6) is 0. The molecule has 1 aliphatic carbocycles. The van der Waals surface area contributed by atoms with Gasteiger partial charge in [-0.05, 0) is 25.3 Å². The molecule has 2 fully saturated rings. The summed E-state index contributed by atoms with van der Waals surface area (Å²) in [5.41, 5.74) is 2.59. The highest BCUT2D eigenvalue weighted by Crippen LogP contribution is 2.34. The Morgan fingerprint density at radius 2 is 2.16 bits per heavy atom. The molecule has 8 nitrogen and oxygen atoms in total. The molecule has 1 unspecified atom stereocenters. The Bertz CT molecular complexity index is 1050. The Labute approximate surface area is 145 Å². The molecule has 0 spiro atoms. The van der Waals surface area contributed by atoms with Crippen LogP contribution in [0.25, 0.3) is 22.1 Å². The molecular formula is C16H20N6O2S. The number of aromatic amines is 1. The fraction of sp³-hybridized carbons (Fsp3) is 0.500. The maximum Gasteiger partial charge on any atom is 0.218 e. The van der Waals surface area contributed by atoms with E-state index >= 15 is 0 Å². The first-order chi connectivity index (χ1) is 12.1. The van der Waals surface area contributed by atoms with Gasteiger partial charge in [0, 0.05) is 18.1 Å². The number of H-pyrrole nitrogens is 1. The molecule has 1 atom stereocenters. The van der Waals surface area contributed by atoms with Gasteiger partial charge in [-0.1, -0.05) is 6.92 Å². The average Bonchev–Trinajstić information content (AvgIpc) is 3.05. The predicted molar refractivity (Wildman–Crippen MR) is 95.2 cm³/mol. The zero-order valence-electron chi connectivity index (χ0n) is 14.0. The second kappa shape index (κ2) is 5.18. The van der Waals surface area contributed by atoms with E-state index < -0.39 is 10.0 Å². The van der Waals surface area contributed by atoms with Gasteiger partial charge in [0.25, 0.3) is 0 Å². The lowest BCUT2D eigenvalue weighted by Crippen LogP contribution is -2.40. The number of pyridine rings is 1. The Kier molecular flexibility index (Phi) is 3.14. The Morgan fingerprint density at radius 3 is 2.92 bits per heavy atom. The van der Waals surface area contributed by atoms with Crippen LogP contribution >= 0.6 is 0 Å². The lowest BCUT2D eigenvalue weighted by Gasteiger charge is -2.26. The molecule has 1 saturated carbocycles. The van der Waals surface area contributed by atoms with Gasteiger partial charge in [-0.25, -0.2) is 23.1 Å². The summed E-state index contributed by atoms with van der Waals surface area (Å²) in [5, 5.41) is 2.93. The molecule has 3 aromatic heterocycles. The minimum absolute atomic E-state index is 0.132. The molecule has 4 heterocycles. The van der Waals surface area contributed by atoms with Crippen molar-refractivity contribution in [3.63, 3.8) is 0 Å². The van der Waals surface area contributed by atoms with E-state index in [2.05, 4.69) is 26.9 Å². The molecule has 0 radical (unpaired) electrons. The third kappa shape index (κ3) is 2.18. The van der Waals surface area contributed by atoms with Gasteiger partial charge in [-0.2, -0.15) is 4.31 Å². The highest BCUT2D eigenvalue weighted by molar-refractivity contribution is 7.90. The van der Waals surface area contributed by atoms with Gasteiger partial charge in [0.05, 0.1) is 17.5 Å². The summed E-state index contributed by atoms with van der Waals surface area (Å²) in [4.78, 5) is 12.0. The second-order valence-electron chi connectivity index (χ2n) is 6.84. The van der Waals surface area contributed by atoms with Crippen LogP contribution in [0, 0.1) is 0 Å². The van der Waals surface area contributed by atoms with Crippen LogP contribution in [0.5, 0.6) is 0 Å². The summed E-state index contributed by atoms with van der Waals surface area (Å²) >= 11 is 0. The van der Waals surface area contributed by atoms with Gasteiger partial charge in [0.15, 0.2) is 0 Å². The number of hydrogen-bond donors (Lipinski definition) is 1. The molecule has 1 saturated heterocycles. The minimum Gasteiger partial charge on any atom is -0.346 e. The van der Waals surface area contributed by atoms with Crippen LogP contribution in [0.15, 0.2) is 24.8 Å². The highest BCUT2D eigenvalue weighted by atomic mass is 32.2. The third-order valence-electron chi connectivity index (χ3n) is 5.27. The maximum atomic E-state index is 12.7. The van der Waals surface area contributed by atoms with E-state index in [0.29, 0.717) is 13.2 Å². The van der Waals surface area contributed by atoms with Crippen LogP contribution < -0.4 is 5.01 Å². The average molecular weight is 360 g/mol. The molecule has 132 valence electrons. The number of hydrogen-bond acceptors (Lipinski definition) is 5. The van der Waals surface area contributed by atoms with E-state index in [-0.39, 0.29) is 11.3 Å². The molecule has 2 aliphatic rings. The van der Waals surface area contributed by atoms with Crippen molar-refractivity contribution in [1.29, 1.82) is 0 Å². The molecule has 9 heteroatoms. The fourth-order valence-corrected chi connectivity index (χ4v) is 5.51. The number of nitrogens with zero attached hydrogens (tertiary/aromatic N) is 5. The van der Waals surface area contributed by atoms with Gasteiger partial charge in [0.1, 0.15) is 29.7 Å². The molecule has 0 amide bonds. The second-order valence-corrected chi connectivity index (χ2v) is 9.06. The Balaban J connectivity index is 1.60. The van der Waals surface area contributed by atoms with Gasteiger partial charge >= 0.3 is 0 Å². The van der Waals surface area contributed by atoms with Crippen molar-refractivity contribution in [1.82, 2.24) is 23.9 Å². The lowest BCUT2D eigenvalue weighted by atomic mass is 10.2. The van der Waals surface area contributed by atoms with Crippen LogP contribution in [0.2, 0.25) is 0 Å². The quantitative estimate of drug-likeness (QED) is 0.760. The van der Waals surface area contributed by atoms with Gasteiger partial charge in [-0.3, -0.25) is 5.01 Å². The fourth-order valence-electron chi connectivity index (χ4n) is 3.70. The van der Waals surface area contributed by atoms with Gasteiger partial charge in [-0.15, -0.1) is 0 Å². The van der Waals surface area contributed by atoms with Crippen LogP contribution in [0.3, 0.4) is 0 Å². The number of nitrogens with one attached hydrogen (secondary N) is 1. The summed E-state index contributed by atoms with van der Waals surface area (Å²) in [6.45, 7) is 3.00. The largest absolute Gasteiger partial charge is 0.346 e. The standard InChI is InChI=1S/C16H20N6O2S/c1-2-11-8-20(25(23,24)12-3-4-12)10-22(11)21-9-19-14-7-18-16-13(15(14)21)5-6-17-16/h5-7,9,11-12H,2-4,8,10H2,1H3,(H,17,18). The predicted octanol–water partition coefficient (Wildman–Crippen LogP) is 1.39. The van der Waals surface area contributed by atoms with Crippen LogP contribution in [-0.2, 0) is 10.0 Å². The summed E-state index contributed by atoms with van der Waals surface area (Å²) in [6, 6.07) is 2.12. The van der Waals surface area contributed by atoms with Crippen molar-refractivity contribution in [2.45, 2.75) is 37.5 Å². The molecule has 5 rings (SSSR count). The number of fused-ring (bicyclic) bond motifs is 3. The van der Waals surface area contributed by atoms with E-state index in [0.717, 1.165) is 41.3 Å². The molecule has 1 aliphatic heterocycles. The van der Waals surface area contributed by atoms with Crippen LogP contribution in [0.4, 0.5) is 0 Å². The van der Waals surface area contributed by atoms with E-state index in [1.807, 2.05) is 16.9 Å². The monoisotopic (exact) mass is 360 g/mol. The SMILES string of the molecule is CCC1CN(S(=O)(=O)C2CC2)CN1n1cnc2cnc3[nH]ccc3c21. The minimum atomic E-state index is -3.18. The first-order valence-corrected chi connectivity index (χ1v) is 10.1. The number of aromatic nitrogens is 4. The molecule has 1 N–H and O–H groups in total. The van der Waals surface area contributed by atoms with E-state index in [1.165, 1.54) is 0 Å². The topological polar surface area (TPSA) is 87.1 Å². The van der Waals surface area contributed by atoms with E-state index in [9.17, 15) is 8.42 Å². The number of rotatable bonds is 4. The van der Waals surface area contributed by atoms with Crippen molar-refractivity contribution in [3.8, 4) is 0 Å². The Morgan fingerprint density at radius 1 is 1.32 bits per heavy atom.